The maximum Gasteiger partial charge on any atom is 0.0931 e. The molecule has 0 aliphatic carbocycles. The smallest absolute Gasteiger partial charge is 0.0931 e. The fourth-order valence-corrected chi connectivity index (χ4v) is 3.00. The van der Waals surface area contributed by atoms with Crippen LogP contribution >= 0.6 is 22.9 Å². The summed E-state index contributed by atoms with van der Waals surface area (Å²) in [7, 11) is 0. The minimum atomic E-state index is 0.162. The number of halogens is 1. The summed E-state index contributed by atoms with van der Waals surface area (Å²) in [6, 6.07) is 4.09. The molecule has 1 atom stereocenters. The third-order valence-corrected chi connectivity index (χ3v) is 3.82. The van der Waals surface area contributed by atoms with Crippen molar-refractivity contribution >= 4 is 22.9 Å². The lowest BCUT2D eigenvalue weighted by Crippen LogP contribution is -2.35. The molecule has 1 aromatic rings. The van der Waals surface area contributed by atoms with Gasteiger partial charge in [-0.2, -0.15) is 0 Å². The summed E-state index contributed by atoms with van der Waals surface area (Å²) in [6.45, 7) is 4.44. The molecule has 0 radical (unpaired) electrons. The minimum Gasteiger partial charge on any atom is -0.395 e. The fraction of sp³-hybridized carbons (Fsp3) is 0.636. The van der Waals surface area contributed by atoms with Gasteiger partial charge in [0.05, 0.1) is 17.0 Å². The van der Waals surface area contributed by atoms with Crippen LogP contribution < -0.4 is 5.73 Å². The van der Waals surface area contributed by atoms with Crippen LogP contribution in [0.2, 0.25) is 4.34 Å². The van der Waals surface area contributed by atoms with E-state index < -0.39 is 0 Å². The molecule has 92 valence electrons. The van der Waals surface area contributed by atoms with E-state index in [2.05, 4.69) is 11.8 Å². The summed E-state index contributed by atoms with van der Waals surface area (Å²) in [5, 5.41) is 9.05. The van der Waals surface area contributed by atoms with Crippen molar-refractivity contribution in [1.82, 2.24) is 4.90 Å². The average Bonchev–Trinajstić information content (AvgIpc) is 2.67. The van der Waals surface area contributed by atoms with E-state index in [1.54, 1.807) is 11.3 Å². The highest BCUT2D eigenvalue weighted by Gasteiger charge is 2.19. The molecule has 0 amide bonds. The number of aliphatic hydroxyl groups excluding tert-OH is 1. The topological polar surface area (TPSA) is 49.5 Å². The zero-order valence-corrected chi connectivity index (χ0v) is 11.1. The third kappa shape index (κ3) is 3.71. The van der Waals surface area contributed by atoms with Gasteiger partial charge in [0.25, 0.3) is 0 Å². The molecule has 16 heavy (non-hydrogen) atoms. The molecule has 3 N–H and O–H groups in total. The maximum absolute atomic E-state index is 9.05. The number of aliphatic hydroxyl groups is 1. The quantitative estimate of drug-likeness (QED) is 0.791. The highest BCUT2D eigenvalue weighted by Crippen LogP contribution is 2.29. The first-order valence-electron chi connectivity index (χ1n) is 5.53. The van der Waals surface area contributed by atoms with Gasteiger partial charge in [-0.15, -0.1) is 11.3 Å². The van der Waals surface area contributed by atoms with Crippen molar-refractivity contribution in [3.05, 3.63) is 21.3 Å². The molecule has 0 aliphatic rings. The number of rotatable bonds is 7. The van der Waals surface area contributed by atoms with Crippen molar-refractivity contribution in [1.29, 1.82) is 0 Å². The van der Waals surface area contributed by atoms with E-state index in [0.29, 0.717) is 13.1 Å². The molecule has 0 saturated heterocycles. The highest BCUT2D eigenvalue weighted by molar-refractivity contribution is 7.16. The number of hydrogen-bond acceptors (Lipinski definition) is 4. The Balaban J connectivity index is 2.76. The van der Waals surface area contributed by atoms with E-state index in [4.69, 9.17) is 22.4 Å². The van der Waals surface area contributed by atoms with E-state index in [1.807, 2.05) is 12.1 Å². The summed E-state index contributed by atoms with van der Waals surface area (Å²) in [5.41, 5.74) is 5.82. The Labute approximate surface area is 106 Å². The Morgan fingerprint density at radius 1 is 1.50 bits per heavy atom. The Morgan fingerprint density at radius 2 is 2.25 bits per heavy atom. The molecule has 1 heterocycles. The van der Waals surface area contributed by atoms with Crippen LogP contribution in [-0.4, -0.2) is 36.2 Å². The van der Waals surface area contributed by atoms with Crippen LogP contribution in [0.3, 0.4) is 0 Å². The van der Waals surface area contributed by atoms with Crippen LogP contribution in [0.5, 0.6) is 0 Å². The van der Waals surface area contributed by atoms with Crippen LogP contribution in [0, 0.1) is 0 Å². The van der Waals surface area contributed by atoms with Gasteiger partial charge in [0, 0.05) is 18.0 Å². The number of hydrogen-bond donors (Lipinski definition) is 2. The van der Waals surface area contributed by atoms with Gasteiger partial charge < -0.3 is 10.8 Å². The predicted octanol–water partition coefficient (Wildman–Crippen LogP) is 2.11. The molecule has 0 saturated carbocycles. The minimum absolute atomic E-state index is 0.162. The molecule has 0 aromatic carbocycles. The summed E-state index contributed by atoms with van der Waals surface area (Å²) in [6.07, 6.45) is 1.05. The second-order valence-corrected chi connectivity index (χ2v) is 5.40. The van der Waals surface area contributed by atoms with Gasteiger partial charge in [-0.05, 0) is 25.1 Å². The molecular weight excluding hydrogens is 244 g/mol. The standard InChI is InChI=1S/C11H19ClN2OS/c1-2-5-14(6-7-15)9(8-13)10-3-4-11(12)16-10/h3-4,9,15H,2,5-8,13H2,1H3. The van der Waals surface area contributed by atoms with Crippen molar-refractivity contribution < 1.29 is 5.11 Å². The van der Waals surface area contributed by atoms with Gasteiger partial charge in [-0.1, -0.05) is 18.5 Å². The van der Waals surface area contributed by atoms with Crippen LogP contribution in [0.25, 0.3) is 0 Å². The Hall–Kier alpha value is -0.130. The molecule has 0 aliphatic heterocycles. The van der Waals surface area contributed by atoms with E-state index in [9.17, 15) is 0 Å². The molecule has 0 fully saturated rings. The largest absolute Gasteiger partial charge is 0.395 e. The predicted molar refractivity (Wildman–Crippen MR) is 70.1 cm³/mol. The molecule has 3 nitrogen and oxygen atoms in total. The third-order valence-electron chi connectivity index (χ3n) is 2.48. The lowest BCUT2D eigenvalue weighted by Gasteiger charge is -2.29. The van der Waals surface area contributed by atoms with E-state index in [1.165, 1.54) is 4.88 Å². The first kappa shape index (κ1) is 13.9. The van der Waals surface area contributed by atoms with Crippen LogP contribution in [-0.2, 0) is 0 Å². The van der Waals surface area contributed by atoms with Gasteiger partial charge >= 0.3 is 0 Å². The van der Waals surface area contributed by atoms with E-state index in [-0.39, 0.29) is 12.6 Å². The lowest BCUT2D eigenvalue weighted by atomic mass is 10.2. The first-order valence-corrected chi connectivity index (χ1v) is 6.72. The number of thiophene rings is 1. The molecule has 1 rings (SSSR count). The van der Waals surface area contributed by atoms with Crippen LogP contribution in [0.15, 0.2) is 12.1 Å². The van der Waals surface area contributed by atoms with Crippen molar-refractivity contribution in [3.8, 4) is 0 Å². The zero-order valence-electron chi connectivity index (χ0n) is 9.53. The van der Waals surface area contributed by atoms with Gasteiger partial charge in [-0.3, -0.25) is 4.90 Å². The number of nitrogens with zero attached hydrogens (tertiary/aromatic N) is 1. The van der Waals surface area contributed by atoms with Crippen molar-refractivity contribution in [2.24, 2.45) is 5.73 Å². The maximum atomic E-state index is 9.05. The van der Waals surface area contributed by atoms with Crippen molar-refractivity contribution in [3.63, 3.8) is 0 Å². The SMILES string of the molecule is CCCN(CCO)C(CN)c1ccc(Cl)s1. The van der Waals surface area contributed by atoms with Gasteiger partial charge in [-0.25, -0.2) is 0 Å². The summed E-state index contributed by atoms with van der Waals surface area (Å²) < 4.78 is 0.786. The van der Waals surface area contributed by atoms with E-state index in [0.717, 1.165) is 17.3 Å². The second-order valence-electron chi connectivity index (χ2n) is 3.65. The summed E-state index contributed by atoms with van der Waals surface area (Å²) in [5.74, 6) is 0. The monoisotopic (exact) mass is 262 g/mol. The molecule has 1 aromatic heterocycles. The summed E-state index contributed by atoms with van der Waals surface area (Å²) >= 11 is 7.49. The Kier molecular flexibility index (Phi) is 6.31. The lowest BCUT2D eigenvalue weighted by molar-refractivity contribution is 0.155. The second kappa shape index (κ2) is 7.25. The Bertz CT molecular complexity index is 300. The average molecular weight is 263 g/mol. The molecular formula is C11H19ClN2OS. The molecule has 0 bridgehead atoms. The van der Waals surface area contributed by atoms with Crippen LogP contribution in [0.1, 0.15) is 24.3 Å². The van der Waals surface area contributed by atoms with E-state index >= 15 is 0 Å². The molecule has 0 spiro atoms. The number of nitrogens with two attached hydrogens (primary N) is 1. The van der Waals surface area contributed by atoms with Crippen LogP contribution in [0.4, 0.5) is 0 Å². The Morgan fingerprint density at radius 3 is 2.69 bits per heavy atom. The fourth-order valence-electron chi connectivity index (χ4n) is 1.79. The first-order chi connectivity index (χ1) is 7.72. The normalized spacial score (nSPS) is 13.3. The van der Waals surface area contributed by atoms with Crippen molar-refractivity contribution in [2.45, 2.75) is 19.4 Å². The van der Waals surface area contributed by atoms with Crippen molar-refractivity contribution in [2.75, 3.05) is 26.2 Å². The van der Waals surface area contributed by atoms with Gasteiger partial charge in [0.15, 0.2) is 0 Å². The zero-order chi connectivity index (χ0) is 12.0. The van der Waals surface area contributed by atoms with Gasteiger partial charge in [0.2, 0.25) is 0 Å². The molecule has 1 unspecified atom stereocenters. The van der Waals surface area contributed by atoms with Gasteiger partial charge in [0.1, 0.15) is 0 Å². The summed E-state index contributed by atoms with van der Waals surface area (Å²) in [4.78, 5) is 3.39. The molecule has 5 heteroatoms. The highest BCUT2D eigenvalue weighted by atomic mass is 35.5.